The molecule has 2 aromatic heterocycles. The lowest BCUT2D eigenvalue weighted by Gasteiger charge is -2.34. The Kier molecular flexibility index (Phi) is 4.12. The molecule has 1 amide bonds. The SMILES string of the molecule is Cc1nonc1N1CCN(C(=O)c2cc3cc(Cl)ccc3oc2=O)CC1. The van der Waals surface area contributed by atoms with E-state index in [1.807, 2.05) is 11.8 Å². The number of benzene rings is 1. The number of aromatic nitrogens is 2. The van der Waals surface area contributed by atoms with Gasteiger partial charge in [0.2, 0.25) is 0 Å². The second-order valence-corrected chi connectivity index (χ2v) is 6.52. The van der Waals surface area contributed by atoms with Crippen molar-refractivity contribution in [2.75, 3.05) is 31.1 Å². The van der Waals surface area contributed by atoms with Crippen molar-refractivity contribution in [3.05, 3.63) is 51.0 Å². The molecule has 3 aromatic rings. The van der Waals surface area contributed by atoms with Crippen LogP contribution in [0.4, 0.5) is 5.82 Å². The van der Waals surface area contributed by atoms with Gasteiger partial charge in [0.15, 0.2) is 5.82 Å². The zero-order chi connectivity index (χ0) is 18.3. The van der Waals surface area contributed by atoms with E-state index >= 15 is 0 Å². The fourth-order valence-electron chi connectivity index (χ4n) is 3.05. The Bertz CT molecular complexity index is 1040. The summed E-state index contributed by atoms with van der Waals surface area (Å²) in [5.74, 6) is 0.326. The van der Waals surface area contributed by atoms with Crippen LogP contribution < -0.4 is 10.5 Å². The predicted molar refractivity (Wildman–Crippen MR) is 94.6 cm³/mol. The van der Waals surface area contributed by atoms with Crippen LogP contribution in [0.5, 0.6) is 0 Å². The van der Waals surface area contributed by atoms with Crippen LogP contribution in [0.15, 0.2) is 38.1 Å². The van der Waals surface area contributed by atoms with Gasteiger partial charge in [0.05, 0.1) is 0 Å². The number of nitrogens with zero attached hydrogens (tertiary/aromatic N) is 4. The Morgan fingerprint density at radius 3 is 2.62 bits per heavy atom. The largest absolute Gasteiger partial charge is 0.422 e. The third kappa shape index (κ3) is 2.92. The van der Waals surface area contributed by atoms with Gasteiger partial charge in [-0.05, 0) is 36.3 Å². The molecule has 0 spiro atoms. The molecule has 1 aromatic carbocycles. The van der Waals surface area contributed by atoms with Crippen LogP contribution in [0.25, 0.3) is 11.0 Å². The van der Waals surface area contributed by atoms with Gasteiger partial charge in [-0.2, -0.15) is 0 Å². The lowest BCUT2D eigenvalue weighted by molar-refractivity contribution is 0.0742. The minimum absolute atomic E-state index is 0.00694. The molecule has 1 fully saturated rings. The van der Waals surface area contributed by atoms with E-state index < -0.39 is 5.63 Å². The summed E-state index contributed by atoms with van der Waals surface area (Å²) >= 11 is 5.98. The van der Waals surface area contributed by atoms with Crippen molar-refractivity contribution >= 4 is 34.3 Å². The molecule has 0 aliphatic carbocycles. The molecule has 1 aliphatic rings. The predicted octanol–water partition coefficient (Wildman–Crippen LogP) is 2.10. The number of rotatable bonds is 2. The van der Waals surface area contributed by atoms with Crippen LogP contribution in [0.1, 0.15) is 16.1 Å². The van der Waals surface area contributed by atoms with Gasteiger partial charge in [-0.1, -0.05) is 16.8 Å². The molecule has 3 heterocycles. The van der Waals surface area contributed by atoms with Crippen LogP contribution in [-0.4, -0.2) is 47.3 Å². The van der Waals surface area contributed by atoms with E-state index in [-0.39, 0.29) is 11.5 Å². The molecule has 0 saturated carbocycles. The first-order chi connectivity index (χ1) is 12.5. The Hall–Kier alpha value is -2.87. The molecule has 26 heavy (non-hydrogen) atoms. The van der Waals surface area contributed by atoms with Crippen molar-refractivity contribution in [1.29, 1.82) is 0 Å². The fourth-order valence-corrected chi connectivity index (χ4v) is 3.23. The average molecular weight is 375 g/mol. The van der Waals surface area contributed by atoms with Gasteiger partial charge in [0.25, 0.3) is 5.91 Å². The summed E-state index contributed by atoms with van der Waals surface area (Å²) in [7, 11) is 0. The first kappa shape index (κ1) is 16.6. The minimum atomic E-state index is -0.649. The van der Waals surface area contributed by atoms with E-state index in [9.17, 15) is 9.59 Å². The molecular formula is C17H15ClN4O4. The van der Waals surface area contributed by atoms with Gasteiger partial charge in [0.1, 0.15) is 16.8 Å². The number of anilines is 1. The van der Waals surface area contributed by atoms with Crippen molar-refractivity contribution in [1.82, 2.24) is 15.2 Å². The second-order valence-electron chi connectivity index (χ2n) is 6.08. The number of hydrogen-bond donors (Lipinski definition) is 0. The third-order valence-corrected chi connectivity index (χ3v) is 4.65. The highest BCUT2D eigenvalue weighted by Gasteiger charge is 2.27. The van der Waals surface area contributed by atoms with Crippen molar-refractivity contribution in [2.45, 2.75) is 6.92 Å². The van der Waals surface area contributed by atoms with Crippen molar-refractivity contribution in [2.24, 2.45) is 0 Å². The van der Waals surface area contributed by atoms with Crippen molar-refractivity contribution in [3.8, 4) is 0 Å². The summed E-state index contributed by atoms with van der Waals surface area (Å²) in [6, 6.07) is 6.44. The molecule has 0 atom stereocenters. The van der Waals surface area contributed by atoms with E-state index in [0.29, 0.717) is 53.7 Å². The minimum Gasteiger partial charge on any atom is -0.422 e. The molecule has 1 aliphatic heterocycles. The summed E-state index contributed by atoms with van der Waals surface area (Å²) in [4.78, 5) is 28.6. The number of hydrogen-bond acceptors (Lipinski definition) is 7. The number of aryl methyl sites for hydroxylation is 1. The van der Waals surface area contributed by atoms with Gasteiger partial charge < -0.3 is 14.2 Å². The van der Waals surface area contributed by atoms with E-state index in [1.165, 1.54) is 6.07 Å². The van der Waals surface area contributed by atoms with Gasteiger partial charge >= 0.3 is 5.63 Å². The number of piperazine rings is 1. The summed E-state index contributed by atoms with van der Waals surface area (Å²) in [6.07, 6.45) is 0. The molecule has 0 unspecified atom stereocenters. The lowest BCUT2D eigenvalue weighted by atomic mass is 10.1. The van der Waals surface area contributed by atoms with E-state index in [2.05, 4.69) is 10.3 Å². The van der Waals surface area contributed by atoms with E-state index in [1.54, 1.807) is 23.1 Å². The van der Waals surface area contributed by atoms with Crippen LogP contribution in [-0.2, 0) is 0 Å². The normalized spacial score (nSPS) is 14.8. The van der Waals surface area contributed by atoms with E-state index in [4.69, 9.17) is 20.6 Å². The third-order valence-electron chi connectivity index (χ3n) is 4.42. The maximum absolute atomic E-state index is 12.8. The first-order valence-electron chi connectivity index (χ1n) is 8.10. The van der Waals surface area contributed by atoms with Crippen LogP contribution in [0, 0.1) is 6.92 Å². The topological polar surface area (TPSA) is 92.7 Å². The molecule has 9 heteroatoms. The first-order valence-corrected chi connectivity index (χ1v) is 8.47. The molecule has 0 radical (unpaired) electrons. The van der Waals surface area contributed by atoms with Crippen LogP contribution in [0.3, 0.4) is 0 Å². The molecule has 8 nitrogen and oxygen atoms in total. The number of carbonyl (C=O) groups is 1. The zero-order valence-corrected chi connectivity index (χ0v) is 14.7. The zero-order valence-electron chi connectivity index (χ0n) is 13.9. The van der Waals surface area contributed by atoms with Gasteiger partial charge in [-0.3, -0.25) is 4.79 Å². The van der Waals surface area contributed by atoms with Gasteiger partial charge in [-0.15, -0.1) is 0 Å². The molecule has 1 saturated heterocycles. The summed E-state index contributed by atoms with van der Waals surface area (Å²) in [5.41, 5.74) is 0.461. The summed E-state index contributed by atoms with van der Waals surface area (Å²) in [5, 5.41) is 8.77. The van der Waals surface area contributed by atoms with Crippen molar-refractivity contribution < 1.29 is 13.8 Å². The maximum atomic E-state index is 12.8. The summed E-state index contributed by atoms with van der Waals surface area (Å²) in [6.45, 7) is 3.88. The lowest BCUT2D eigenvalue weighted by Crippen LogP contribution is -2.49. The Morgan fingerprint density at radius 1 is 1.15 bits per heavy atom. The summed E-state index contributed by atoms with van der Waals surface area (Å²) < 4.78 is 9.97. The number of amides is 1. The monoisotopic (exact) mass is 374 g/mol. The Labute approximate surface area is 152 Å². The Morgan fingerprint density at radius 2 is 1.92 bits per heavy atom. The van der Waals surface area contributed by atoms with Gasteiger partial charge in [0, 0.05) is 36.6 Å². The number of halogens is 1. The quantitative estimate of drug-likeness (QED) is 0.634. The Balaban J connectivity index is 1.55. The van der Waals surface area contributed by atoms with Crippen LogP contribution >= 0.6 is 11.6 Å². The molecule has 4 rings (SSSR count). The van der Waals surface area contributed by atoms with Crippen molar-refractivity contribution in [3.63, 3.8) is 0 Å². The number of fused-ring (bicyclic) bond motifs is 1. The fraction of sp³-hybridized carbons (Fsp3) is 0.294. The number of carbonyl (C=O) groups excluding carboxylic acids is 1. The molecule has 134 valence electrons. The highest BCUT2D eigenvalue weighted by Crippen LogP contribution is 2.21. The average Bonchev–Trinajstić information content (AvgIpc) is 3.07. The molecule has 0 N–H and O–H groups in total. The molecule has 0 bridgehead atoms. The van der Waals surface area contributed by atoms with Crippen LogP contribution in [0.2, 0.25) is 5.02 Å². The highest BCUT2D eigenvalue weighted by molar-refractivity contribution is 6.31. The maximum Gasteiger partial charge on any atom is 0.349 e. The van der Waals surface area contributed by atoms with E-state index in [0.717, 1.165) is 0 Å². The van der Waals surface area contributed by atoms with Gasteiger partial charge in [-0.25, -0.2) is 9.42 Å². The molecular weight excluding hydrogens is 360 g/mol. The second kappa shape index (κ2) is 6.45. The smallest absolute Gasteiger partial charge is 0.349 e. The highest BCUT2D eigenvalue weighted by atomic mass is 35.5. The standard InChI is InChI=1S/C17H15ClN4O4/c1-10-15(20-26-19-10)21-4-6-22(7-5-21)16(23)13-9-11-8-12(18)2-3-14(11)25-17(13)24/h2-3,8-9H,4-7H2,1H3.